The molecule has 0 bridgehead atoms. The number of methoxy groups -OCH3 is 1. The first-order valence-corrected chi connectivity index (χ1v) is 4.88. The highest BCUT2D eigenvalue weighted by molar-refractivity contribution is 6.32. The summed E-state index contributed by atoms with van der Waals surface area (Å²) in [7, 11) is 1.39. The zero-order valence-corrected chi connectivity index (χ0v) is 9.44. The third kappa shape index (κ3) is 2.49. The van der Waals surface area contributed by atoms with E-state index in [1.807, 2.05) is 0 Å². The monoisotopic (exact) mass is 229 g/mol. The van der Waals surface area contributed by atoms with E-state index in [2.05, 4.69) is 0 Å². The van der Waals surface area contributed by atoms with Crippen LogP contribution in [0.5, 0.6) is 5.75 Å². The number of hydrogen-bond donors (Lipinski definition) is 1. The van der Waals surface area contributed by atoms with E-state index in [0.717, 1.165) is 5.56 Å². The maximum absolute atomic E-state index is 13.7. The molecule has 0 unspecified atom stereocenters. The molecule has 1 aromatic rings. The van der Waals surface area contributed by atoms with Gasteiger partial charge in [-0.2, -0.15) is 0 Å². The molecule has 2 nitrogen and oxygen atoms in total. The Balaban J connectivity index is 3.30. The van der Waals surface area contributed by atoms with E-state index >= 15 is 0 Å². The number of ether oxygens (including phenoxy) is 1. The van der Waals surface area contributed by atoms with Gasteiger partial charge in [0.1, 0.15) is 0 Å². The first-order chi connectivity index (χ1) is 7.11. The molecule has 0 heterocycles. The SMILES string of the molecule is COc1c(F)c(/C=C/CN)cc(C)c1Cl. The van der Waals surface area contributed by atoms with E-state index in [4.69, 9.17) is 22.1 Å². The second kappa shape index (κ2) is 5.14. The first kappa shape index (κ1) is 12.0. The number of halogens is 2. The highest BCUT2D eigenvalue weighted by atomic mass is 35.5. The van der Waals surface area contributed by atoms with Crippen molar-refractivity contribution in [3.05, 3.63) is 34.1 Å². The van der Waals surface area contributed by atoms with Gasteiger partial charge in [0.25, 0.3) is 0 Å². The Morgan fingerprint density at radius 3 is 2.80 bits per heavy atom. The zero-order valence-electron chi connectivity index (χ0n) is 8.68. The van der Waals surface area contributed by atoms with Crippen LogP contribution >= 0.6 is 11.6 Å². The predicted molar refractivity (Wildman–Crippen MR) is 60.8 cm³/mol. The molecule has 0 aromatic heterocycles. The zero-order chi connectivity index (χ0) is 11.4. The molecule has 0 amide bonds. The molecule has 0 aliphatic heterocycles. The summed E-state index contributed by atoms with van der Waals surface area (Å²) in [6.07, 6.45) is 3.28. The molecule has 82 valence electrons. The summed E-state index contributed by atoms with van der Waals surface area (Å²) in [5.41, 5.74) is 6.50. The maximum Gasteiger partial charge on any atom is 0.173 e. The van der Waals surface area contributed by atoms with Crippen LogP contribution < -0.4 is 10.5 Å². The highest BCUT2D eigenvalue weighted by Gasteiger charge is 2.13. The van der Waals surface area contributed by atoms with Gasteiger partial charge in [-0.1, -0.05) is 23.8 Å². The van der Waals surface area contributed by atoms with E-state index < -0.39 is 5.82 Å². The predicted octanol–water partition coefficient (Wildman–Crippen LogP) is 2.77. The minimum atomic E-state index is -0.460. The molecule has 15 heavy (non-hydrogen) atoms. The van der Waals surface area contributed by atoms with Crippen molar-refractivity contribution in [1.29, 1.82) is 0 Å². The lowest BCUT2D eigenvalue weighted by Gasteiger charge is -2.09. The molecule has 0 radical (unpaired) electrons. The Morgan fingerprint density at radius 2 is 2.27 bits per heavy atom. The Labute approximate surface area is 93.5 Å². The third-order valence-corrected chi connectivity index (χ3v) is 2.48. The molecule has 1 aromatic carbocycles. The van der Waals surface area contributed by atoms with Crippen LogP contribution in [0.15, 0.2) is 12.1 Å². The number of nitrogens with two attached hydrogens (primary N) is 1. The summed E-state index contributed by atoms with van der Waals surface area (Å²) >= 11 is 5.89. The fourth-order valence-corrected chi connectivity index (χ4v) is 1.48. The molecule has 0 aliphatic carbocycles. The minimum absolute atomic E-state index is 0.0772. The Morgan fingerprint density at radius 1 is 1.60 bits per heavy atom. The molecule has 0 saturated carbocycles. The Kier molecular flexibility index (Phi) is 4.12. The Hall–Kier alpha value is -1.06. The number of aryl methyl sites for hydroxylation is 1. The fourth-order valence-electron chi connectivity index (χ4n) is 1.26. The molecule has 0 spiro atoms. The van der Waals surface area contributed by atoms with Gasteiger partial charge in [-0.3, -0.25) is 0 Å². The summed E-state index contributed by atoms with van der Waals surface area (Å²) in [6, 6.07) is 1.66. The van der Waals surface area contributed by atoms with Gasteiger partial charge in [-0.25, -0.2) is 4.39 Å². The minimum Gasteiger partial charge on any atom is -0.492 e. The molecule has 4 heteroatoms. The fraction of sp³-hybridized carbons (Fsp3) is 0.273. The summed E-state index contributed by atoms with van der Waals surface area (Å²) < 4.78 is 18.6. The van der Waals surface area contributed by atoms with Crippen LogP contribution in [0, 0.1) is 12.7 Å². The number of benzene rings is 1. The van der Waals surface area contributed by atoms with Crippen molar-refractivity contribution in [2.75, 3.05) is 13.7 Å². The maximum atomic E-state index is 13.7. The lowest BCUT2D eigenvalue weighted by atomic mass is 10.1. The number of hydrogen-bond acceptors (Lipinski definition) is 2. The van der Waals surface area contributed by atoms with Gasteiger partial charge in [0, 0.05) is 12.1 Å². The summed E-state index contributed by atoms with van der Waals surface area (Å²) in [5, 5.41) is 0.305. The first-order valence-electron chi connectivity index (χ1n) is 4.51. The summed E-state index contributed by atoms with van der Waals surface area (Å²) in [5.74, 6) is -0.383. The van der Waals surface area contributed by atoms with Crippen LogP contribution in [0.3, 0.4) is 0 Å². The van der Waals surface area contributed by atoms with Gasteiger partial charge >= 0.3 is 0 Å². The largest absolute Gasteiger partial charge is 0.492 e. The average molecular weight is 230 g/mol. The van der Waals surface area contributed by atoms with Gasteiger partial charge in [-0.05, 0) is 18.6 Å². The standard InChI is InChI=1S/C11H13ClFNO/c1-7-6-8(4-3-5-14)10(13)11(15-2)9(7)12/h3-4,6H,5,14H2,1-2H3/b4-3+. The topological polar surface area (TPSA) is 35.2 Å². The van der Waals surface area contributed by atoms with Crippen molar-refractivity contribution in [3.63, 3.8) is 0 Å². The molecule has 0 fully saturated rings. The normalized spacial score (nSPS) is 11.0. The van der Waals surface area contributed by atoms with E-state index in [9.17, 15) is 4.39 Å². The summed E-state index contributed by atoms with van der Waals surface area (Å²) in [6.45, 7) is 2.16. The van der Waals surface area contributed by atoms with Crippen LogP contribution in [-0.4, -0.2) is 13.7 Å². The molecule has 1 rings (SSSR count). The van der Waals surface area contributed by atoms with Gasteiger partial charge in [0.05, 0.1) is 12.1 Å². The van der Waals surface area contributed by atoms with Gasteiger partial charge in [-0.15, -0.1) is 0 Å². The van der Waals surface area contributed by atoms with Crippen LogP contribution in [-0.2, 0) is 0 Å². The van der Waals surface area contributed by atoms with Crippen LogP contribution in [0.4, 0.5) is 4.39 Å². The van der Waals surface area contributed by atoms with E-state index in [0.29, 0.717) is 17.1 Å². The second-order valence-electron chi connectivity index (χ2n) is 3.08. The van der Waals surface area contributed by atoms with Crippen molar-refractivity contribution >= 4 is 17.7 Å². The Bertz CT molecular complexity index is 391. The van der Waals surface area contributed by atoms with Gasteiger partial charge in [0.2, 0.25) is 0 Å². The molecule has 0 saturated heterocycles. The van der Waals surface area contributed by atoms with Crippen LogP contribution in [0.1, 0.15) is 11.1 Å². The number of rotatable bonds is 3. The van der Waals surface area contributed by atoms with Crippen molar-refractivity contribution in [2.45, 2.75) is 6.92 Å². The summed E-state index contributed by atoms with van der Waals surface area (Å²) in [4.78, 5) is 0. The molecular weight excluding hydrogens is 217 g/mol. The van der Waals surface area contributed by atoms with E-state index in [1.54, 1.807) is 25.1 Å². The van der Waals surface area contributed by atoms with Crippen molar-refractivity contribution in [3.8, 4) is 5.75 Å². The second-order valence-corrected chi connectivity index (χ2v) is 3.46. The molecular formula is C11H13ClFNO. The lowest BCUT2D eigenvalue weighted by molar-refractivity contribution is 0.386. The lowest BCUT2D eigenvalue weighted by Crippen LogP contribution is -1.96. The van der Waals surface area contributed by atoms with Gasteiger partial charge in [0.15, 0.2) is 11.6 Å². The average Bonchev–Trinajstić information content (AvgIpc) is 2.22. The third-order valence-electron chi connectivity index (χ3n) is 2.01. The van der Waals surface area contributed by atoms with E-state index in [-0.39, 0.29) is 5.75 Å². The smallest absolute Gasteiger partial charge is 0.173 e. The van der Waals surface area contributed by atoms with Crippen molar-refractivity contribution in [2.24, 2.45) is 5.73 Å². The van der Waals surface area contributed by atoms with Crippen LogP contribution in [0.2, 0.25) is 5.02 Å². The molecule has 0 atom stereocenters. The highest BCUT2D eigenvalue weighted by Crippen LogP contribution is 2.33. The quantitative estimate of drug-likeness (QED) is 0.865. The van der Waals surface area contributed by atoms with Gasteiger partial charge < -0.3 is 10.5 Å². The van der Waals surface area contributed by atoms with Crippen molar-refractivity contribution in [1.82, 2.24) is 0 Å². The van der Waals surface area contributed by atoms with E-state index in [1.165, 1.54) is 7.11 Å². The van der Waals surface area contributed by atoms with Crippen molar-refractivity contribution < 1.29 is 9.13 Å². The van der Waals surface area contributed by atoms with Crippen LogP contribution in [0.25, 0.3) is 6.08 Å². The molecule has 0 aliphatic rings. The molecule has 2 N–H and O–H groups in total.